The molecule has 0 aliphatic heterocycles. The van der Waals surface area contributed by atoms with Gasteiger partial charge in [0.15, 0.2) is 5.03 Å². The lowest BCUT2D eigenvalue weighted by atomic mass is 10.4. The lowest BCUT2D eigenvalue weighted by Gasteiger charge is -2.22. The molecule has 0 atom stereocenters. The van der Waals surface area contributed by atoms with Gasteiger partial charge >= 0.3 is 0 Å². The molecule has 0 saturated heterocycles. The quantitative estimate of drug-likeness (QED) is 0.696. The summed E-state index contributed by atoms with van der Waals surface area (Å²) < 4.78 is 26.4. The van der Waals surface area contributed by atoms with Crippen LogP contribution in [-0.2, 0) is 16.6 Å². The Kier molecular flexibility index (Phi) is 5.92. The number of nitrogens with one attached hydrogen (secondary N) is 1. The zero-order chi connectivity index (χ0) is 14.5. The number of aromatic amines is 1. The van der Waals surface area contributed by atoms with Gasteiger partial charge in [0.25, 0.3) is 10.0 Å². The fourth-order valence-corrected chi connectivity index (χ4v) is 3.30. The molecule has 110 valence electrons. The first-order valence-corrected chi connectivity index (χ1v) is 7.65. The molecule has 1 heterocycles. The van der Waals surface area contributed by atoms with Gasteiger partial charge < -0.3 is 10.0 Å². The Labute approximate surface area is 114 Å². The Bertz CT molecular complexity index is 484. The van der Waals surface area contributed by atoms with Crippen molar-refractivity contribution < 1.29 is 13.5 Å². The summed E-state index contributed by atoms with van der Waals surface area (Å²) in [6.07, 6.45) is 2.07. The summed E-state index contributed by atoms with van der Waals surface area (Å²) in [7, 11) is 0.160. The van der Waals surface area contributed by atoms with Gasteiger partial charge in [-0.25, -0.2) is 8.42 Å². The van der Waals surface area contributed by atoms with Crippen LogP contribution in [0.25, 0.3) is 0 Å². The molecule has 0 unspecified atom stereocenters. The van der Waals surface area contributed by atoms with Gasteiger partial charge in [-0.1, -0.05) is 6.92 Å². The molecule has 1 aromatic rings. The van der Waals surface area contributed by atoms with Gasteiger partial charge in [0.2, 0.25) is 0 Å². The Hall–Kier alpha value is -0.960. The van der Waals surface area contributed by atoms with Gasteiger partial charge in [0, 0.05) is 25.2 Å². The second-order valence-electron chi connectivity index (χ2n) is 4.59. The van der Waals surface area contributed by atoms with Crippen LogP contribution in [0, 0.1) is 0 Å². The number of aliphatic hydroxyl groups is 1. The average molecular weight is 290 g/mol. The van der Waals surface area contributed by atoms with E-state index in [9.17, 15) is 8.42 Å². The van der Waals surface area contributed by atoms with Crippen LogP contribution in [-0.4, -0.2) is 66.7 Å². The van der Waals surface area contributed by atoms with Crippen LogP contribution in [0.2, 0.25) is 0 Å². The van der Waals surface area contributed by atoms with Gasteiger partial charge in [-0.2, -0.15) is 9.40 Å². The number of sulfonamides is 1. The summed E-state index contributed by atoms with van der Waals surface area (Å²) in [6.45, 7) is 3.08. The molecule has 0 aliphatic rings. The van der Waals surface area contributed by atoms with E-state index in [4.69, 9.17) is 5.11 Å². The van der Waals surface area contributed by atoms with Crippen LogP contribution in [0.5, 0.6) is 0 Å². The van der Waals surface area contributed by atoms with Crippen LogP contribution >= 0.6 is 0 Å². The van der Waals surface area contributed by atoms with Crippen molar-refractivity contribution in [2.45, 2.75) is 25.0 Å². The predicted molar refractivity (Wildman–Crippen MR) is 72.1 cm³/mol. The normalized spacial score (nSPS) is 12.5. The lowest BCUT2D eigenvalue weighted by molar-refractivity contribution is 0.277. The molecule has 0 spiro atoms. The topological polar surface area (TPSA) is 89.5 Å². The fourth-order valence-electron chi connectivity index (χ4n) is 1.68. The molecular weight excluding hydrogens is 268 g/mol. The van der Waals surface area contributed by atoms with Gasteiger partial charge in [0.05, 0.1) is 12.8 Å². The van der Waals surface area contributed by atoms with E-state index in [0.29, 0.717) is 25.2 Å². The van der Waals surface area contributed by atoms with Gasteiger partial charge in [-0.05, 0) is 20.5 Å². The zero-order valence-electron chi connectivity index (χ0n) is 11.6. The van der Waals surface area contributed by atoms with Gasteiger partial charge in [0.1, 0.15) is 0 Å². The predicted octanol–water partition coefficient (Wildman–Crippen LogP) is -0.136. The van der Waals surface area contributed by atoms with E-state index in [-0.39, 0.29) is 11.6 Å². The van der Waals surface area contributed by atoms with E-state index >= 15 is 0 Å². The van der Waals surface area contributed by atoms with Crippen LogP contribution < -0.4 is 0 Å². The lowest BCUT2D eigenvalue weighted by Crippen LogP contribution is -2.37. The molecule has 0 aliphatic carbocycles. The van der Waals surface area contributed by atoms with Gasteiger partial charge in [-0.3, -0.25) is 5.10 Å². The summed E-state index contributed by atoms with van der Waals surface area (Å²) in [4.78, 5) is 1.93. The van der Waals surface area contributed by atoms with Crippen molar-refractivity contribution in [3.8, 4) is 0 Å². The Morgan fingerprint density at radius 3 is 2.53 bits per heavy atom. The van der Waals surface area contributed by atoms with Crippen LogP contribution in [0.1, 0.15) is 18.9 Å². The summed E-state index contributed by atoms with van der Waals surface area (Å²) in [6, 6.07) is 0. The SMILES string of the molecule is CCCN(CCN(C)C)S(=O)(=O)c1[nH]ncc1CO. The number of H-pyrrole nitrogens is 1. The van der Waals surface area contributed by atoms with E-state index in [0.717, 1.165) is 6.42 Å². The smallest absolute Gasteiger partial charge is 0.260 e. The van der Waals surface area contributed by atoms with Crippen molar-refractivity contribution in [3.63, 3.8) is 0 Å². The number of hydrogen-bond acceptors (Lipinski definition) is 5. The highest BCUT2D eigenvalue weighted by atomic mass is 32.2. The number of aliphatic hydroxyl groups excluding tert-OH is 1. The maximum atomic E-state index is 12.5. The minimum atomic E-state index is -3.63. The largest absolute Gasteiger partial charge is 0.392 e. The molecule has 19 heavy (non-hydrogen) atoms. The van der Waals surface area contributed by atoms with Gasteiger partial charge in [-0.15, -0.1) is 0 Å². The van der Waals surface area contributed by atoms with E-state index in [1.807, 2.05) is 25.9 Å². The molecule has 1 rings (SSSR count). The summed E-state index contributed by atoms with van der Waals surface area (Å²) in [5.74, 6) is 0. The third-order valence-corrected chi connectivity index (χ3v) is 4.63. The van der Waals surface area contributed by atoms with Crippen molar-refractivity contribution in [2.24, 2.45) is 0 Å². The van der Waals surface area contributed by atoms with E-state index < -0.39 is 10.0 Å². The first kappa shape index (κ1) is 16.1. The first-order chi connectivity index (χ1) is 8.93. The summed E-state index contributed by atoms with van der Waals surface area (Å²) in [5.41, 5.74) is 0.297. The fraction of sp³-hybridized carbons (Fsp3) is 0.727. The molecule has 0 bridgehead atoms. The molecule has 8 heteroatoms. The molecule has 0 amide bonds. The minimum Gasteiger partial charge on any atom is -0.392 e. The van der Waals surface area contributed by atoms with Crippen LogP contribution in [0.3, 0.4) is 0 Å². The summed E-state index contributed by atoms with van der Waals surface area (Å²) in [5, 5.41) is 15.3. The highest BCUT2D eigenvalue weighted by Gasteiger charge is 2.27. The van der Waals surface area contributed by atoms with Crippen LogP contribution in [0.15, 0.2) is 11.2 Å². The highest BCUT2D eigenvalue weighted by Crippen LogP contribution is 2.17. The molecule has 0 aromatic carbocycles. The molecule has 1 aromatic heterocycles. The Morgan fingerprint density at radius 2 is 2.00 bits per heavy atom. The maximum Gasteiger partial charge on any atom is 0.260 e. The molecule has 7 nitrogen and oxygen atoms in total. The van der Waals surface area contributed by atoms with Crippen molar-refractivity contribution in [1.29, 1.82) is 0 Å². The Balaban J connectivity index is 2.99. The van der Waals surface area contributed by atoms with E-state index in [2.05, 4.69) is 10.2 Å². The number of nitrogens with zero attached hydrogens (tertiary/aromatic N) is 3. The molecule has 0 radical (unpaired) electrons. The third-order valence-electron chi connectivity index (χ3n) is 2.72. The van der Waals surface area contributed by atoms with Crippen LogP contribution in [0.4, 0.5) is 0 Å². The number of aromatic nitrogens is 2. The second kappa shape index (κ2) is 6.99. The van der Waals surface area contributed by atoms with Crippen molar-refractivity contribution in [2.75, 3.05) is 33.7 Å². The maximum absolute atomic E-state index is 12.5. The standard InChI is InChI=1S/C11H22N4O3S/c1-4-5-15(7-6-14(2)3)19(17,18)11-10(9-16)8-12-13-11/h8,16H,4-7,9H2,1-3H3,(H,12,13). The average Bonchev–Trinajstić information content (AvgIpc) is 2.82. The number of likely N-dealkylation sites (N-methyl/N-ethyl adjacent to an activating group) is 1. The van der Waals surface area contributed by atoms with Crippen molar-refractivity contribution in [1.82, 2.24) is 19.4 Å². The number of hydrogen-bond donors (Lipinski definition) is 2. The van der Waals surface area contributed by atoms with E-state index in [1.165, 1.54) is 10.5 Å². The molecular formula is C11H22N4O3S. The molecule has 0 saturated carbocycles. The highest BCUT2D eigenvalue weighted by molar-refractivity contribution is 7.89. The zero-order valence-corrected chi connectivity index (χ0v) is 12.4. The molecule has 0 fully saturated rings. The third kappa shape index (κ3) is 4.00. The van der Waals surface area contributed by atoms with E-state index in [1.54, 1.807) is 0 Å². The second-order valence-corrected chi connectivity index (χ2v) is 6.46. The van der Waals surface area contributed by atoms with Crippen molar-refractivity contribution in [3.05, 3.63) is 11.8 Å². The monoisotopic (exact) mass is 290 g/mol. The minimum absolute atomic E-state index is 0.0118. The summed E-state index contributed by atoms with van der Waals surface area (Å²) >= 11 is 0. The Morgan fingerprint density at radius 1 is 1.32 bits per heavy atom. The molecule has 2 N–H and O–H groups in total. The number of rotatable bonds is 8. The van der Waals surface area contributed by atoms with Crippen molar-refractivity contribution >= 4 is 10.0 Å². The first-order valence-electron chi connectivity index (χ1n) is 6.21.